The largest absolute Gasteiger partial charge is 0.351 e. The summed E-state index contributed by atoms with van der Waals surface area (Å²) in [4.78, 5) is 33.9. The fourth-order valence-corrected chi connectivity index (χ4v) is 4.97. The number of aromatic nitrogens is 3. The Morgan fingerprint density at radius 1 is 1.09 bits per heavy atom. The van der Waals surface area contributed by atoms with E-state index in [1.165, 1.54) is 12.1 Å². The smallest absolute Gasteiger partial charge is 0.326 e. The Balaban J connectivity index is 1.23. The molecule has 4 aromatic rings. The summed E-state index contributed by atoms with van der Waals surface area (Å²) < 4.78 is 15.4. The molecule has 8 heteroatoms. The Kier molecular flexibility index (Phi) is 6.00. The molecule has 5 rings (SSSR count). The van der Waals surface area contributed by atoms with Crippen LogP contribution in [-0.4, -0.2) is 51.0 Å². The van der Waals surface area contributed by atoms with Crippen molar-refractivity contribution in [2.24, 2.45) is 5.92 Å². The Hall–Kier alpha value is -3.39. The third-order valence-corrected chi connectivity index (χ3v) is 6.95. The van der Waals surface area contributed by atoms with Gasteiger partial charge in [0.05, 0.1) is 11.0 Å². The van der Waals surface area contributed by atoms with Crippen molar-refractivity contribution in [3.8, 4) is 0 Å². The van der Waals surface area contributed by atoms with Crippen molar-refractivity contribution in [1.29, 1.82) is 0 Å². The van der Waals surface area contributed by atoms with Crippen LogP contribution in [0.2, 0.25) is 0 Å². The number of hydrogen-bond acceptors (Lipinski definition) is 3. The van der Waals surface area contributed by atoms with E-state index < -0.39 is 0 Å². The standard InChI is InChI=1S/C26H30FN5O2/c1-16(2)23(29-25(33)22-14-17-13-18(27)7-8-20(17)28-22)15-31-11-9-19(10-12-31)32-24-6-4-3-5-21(24)30-26(32)34/h3-8,13-14,16,19,23,28H,9-12,15H2,1-2H3,(H,29,33)(H,30,34)/t23-/m1/s1. The zero-order valence-electron chi connectivity index (χ0n) is 19.5. The normalized spacial score (nSPS) is 16.5. The number of para-hydroxylation sites is 2. The summed E-state index contributed by atoms with van der Waals surface area (Å²) >= 11 is 0. The molecule has 3 heterocycles. The lowest BCUT2D eigenvalue weighted by Crippen LogP contribution is -2.49. The Bertz CT molecular complexity index is 1380. The maximum Gasteiger partial charge on any atom is 0.326 e. The zero-order chi connectivity index (χ0) is 23.8. The number of likely N-dealkylation sites (tertiary alicyclic amines) is 1. The highest BCUT2D eigenvalue weighted by molar-refractivity contribution is 5.98. The van der Waals surface area contributed by atoms with Crippen molar-refractivity contribution in [2.45, 2.75) is 38.8 Å². The summed E-state index contributed by atoms with van der Waals surface area (Å²) in [6.45, 7) is 6.67. The summed E-state index contributed by atoms with van der Waals surface area (Å²) in [5.74, 6) is -0.257. The number of rotatable bonds is 6. The number of carbonyl (C=O) groups is 1. The molecule has 0 aliphatic carbocycles. The van der Waals surface area contributed by atoms with E-state index in [4.69, 9.17) is 0 Å². The third-order valence-electron chi connectivity index (χ3n) is 6.95. The monoisotopic (exact) mass is 463 g/mol. The van der Waals surface area contributed by atoms with Gasteiger partial charge in [0, 0.05) is 42.6 Å². The minimum Gasteiger partial charge on any atom is -0.351 e. The van der Waals surface area contributed by atoms with E-state index in [1.807, 2.05) is 28.8 Å². The maximum atomic E-state index is 13.5. The molecule has 0 spiro atoms. The van der Waals surface area contributed by atoms with Gasteiger partial charge in [0.1, 0.15) is 11.5 Å². The van der Waals surface area contributed by atoms with Crippen molar-refractivity contribution >= 4 is 27.8 Å². The second-order valence-corrected chi connectivity index (χ2v) is 9.59. The van der Waals surface area contributed by atoms with Gasteiger partial charge in [-0.05, 0) is 55.2 Å². The van der Waals surface area contributed by atoms with E-state index in [0.29, 0.717) is 11.1 Å². The Morgan fingerprint density at radius 2 is 1.85 bits per heavy atom. The molecule has 1 atom stereocenters. The third kappa shape index (κ3) is 4.37. The number of benzene rings is 2. The van der Waals surface area contributed by atoms with E-state index in [-0.39, 0.29) is 35.4 Å². The van der Waals surface area contributed by atoms with E-state index in [1.54, 1.807) is 12.1 Å². The number of halogens is 1. The highest BCUT2D eigenvalue weighted by Gasteiger charge is 2.27. The van der Waals surface area contributed by atoms with Crippen LogP contribution in [0.4, 0.5) is 4.39 Å². The number of carbonyl (C=O) groups excluding carboxylic acids is 1. The van der Waals surface area contributed by atoms with Crippen molar-refractivity contribution in [1.82, 2.24) is 24.8 Å². The van der Waals surface area contributed by atoms with Gasteiger partial charge < -0.3 is 20.2 Å². The number of H-pyrrole nitrogens is 2. The molecule has 34 heavy (non-hydrogen) atoms. The van der Waals surface area contributed by atoms with Gasteiger partial charge in [-0.25, -0.2) is 9.18 Å². The molecule has 178 valence electrons. The van der Waals surface area contributed by atoms with Crippen LogP contribution in [0.25, 0.3) is 21.9 Å². The molecule has 3 N–H and O–H groups in total. The SMILES string of the molecule is CC(C)[C@@H](CN1CCC(n2c(=O)[nH]c3ccccc32)CC1)NC(=O)c1cc2cc(F)ccc2[nH]1. The van der Waals surface area contributed by atoms with Crippen LogP contribution < -0.4 is 11.0 Å². The van der Waals surface area contributed by atoms with Gasteiger partial charge in [0.2, 0.25) is 0 Å². The predicted molar refractivity (Wildman–Crippen MR) is 132 cm³/mol. The summed E-state index contributed by atoms with van der Waals surface area (Å²) in [6, 6.07) is 14.1. The molecule has 0 saturated carbocycles. The molecule has 1 fully saturated rings. The van der Waals surface area contributed by atoms with Crippen LogP contribution in [0.3, 0.4) is 0 Å². The first kappa shape index (κ1) is 22.4. The Morgan fingerprint density at radius 3 is 2.62 bits per heavy atom. The number of amides is 1. The van der Waals surface area contributed by atoms with E-state index >= 15 is 0 Å². The lowest BCUT2D eigenvalue weighted by Gasteiger charge is -2.36. The van der Waals surface area contributed by atoms with Gasteiger partial charge >= 0.3 is 5.69 Å². The van der Waals surface area contributed by atoms with Gasteiger partial charge in [0.15, 0.2) is 0 Å². The molecule has 0 unspecified atom stereocenters. The van der Waals surface area contributed by atoms with Crippen LogP contribution >= 0.6 is 0 Å². The lowest BCUT2D eigenvalue weighted by atomic mass is 10.00. The fraction of sp³-hybridized carbons (Fsp3) is 0.385. The highest BCUT2D eigenvalue weighted by atomic mass is 19.1. The maximum absolute atomic E-state index is 13.5. The molecule has 1 aliphatic rings. The summed E-state index contributed by atoms with van der Waals surface area (Å²) in [5.41, 5.74) is 2.95. The molecule has 7 nitrogen and oxygen atoms in total. The molecule has 0 bridgehead atoms. The lowest BCUT2D eigenvalue weighted by molar-refractivity contribution is 0.0890. The number of nitrogens with zero attached hydrogens (tertiary/aromatic N) is 2. The number of hydrogen-bond donors (Lipinski definition) is 3. The van der Waals surface area contributed by atoms with Crippen molar-refractivity contribution in [3.05, 3.63) is 70.5 Å². The molecule has 1 amide bonds. The first-order valence-corrected chi connectivity index (χ1v) is 11.9. The first-order valence-electron chi connectivity index (χ1n) is 11.9. The molecule has 0 radical (unpaired) electrons. The van der Waals surface area contributed by atoms with Crippen molar-refractivity contribution in [2.75, 3.05) is 19.6 Å². The second-order valence-electron chi connectivity index (χ2n) is 9.59. The average Bonchev–Trinajstić information content (AvgIpc) is 3.39. The zero-order valence-corrected chi connectivity index (χ0v) is 19.5. The van der Waals surface area contributed by atoms with Gasteiger partial charge in [-0.3, -0.25) is 9.36 Å². The quantitative estimate of drug-likeness (QED) is 0.403. The fourth-order valence-electron chi connectivity index (χ4n) is 4.97. The van der Waals surface area contributed by atoms with Gasteiger partial charge in [-0.1, -0.05) is 26.0 Å². The number of aromatic amines is 2. The second kappa shape index (κ2) is 9.10. The first-order chi connectivity index (χ1) is 16.4. The summed E-state index contributed by atoms with van der Waals surface area (Å²) in [5, 5.41) is 3.84. The Labute approximate surface area is 197 Å². The van der Waals surface area contributed by atoms with E-state index in [2.05, 4.69) is 34.0 Å². The topological polar surface area (TPSA) is 85.9 Å². The highest BCUT2D eigenvalue weighted by Crippen LogP contribution is 2.25. The van der Waals surface area contributed by atoms with Gasteiger partial charge in [-0.15, -0.1) is 0 Å². The number of piperidine rings is 1. The minimum absolute atomic E-state index is 0.0250. The molecular weight excluding hydrogens is 433 g/mol. The van der Waals surface area contributed by atoms with Crippen LogP contribution in [0.5, 0.6) is 0 Å². The van der Waals surface area contributed by atoms with E-state index in [0.717, 1.165) is 49.0 Å². The predicted octanol–water partition coefficient (Wildman–Crippen LogP) is 4.04. The van der Waals surface area contributed by atoms with Gasteiger partial charge in [0.25, 0.3) is 5.91 Å². The minimum atomic E-state index is -0.322. The van der Waals surface area contributed by atoms with Crippen LogP contribution in [-0.2, 0) is 0 Å². The number of nitrogens with one attached hydrogen (secondary N) is 3. The molecule has 2 aromatic carbocycles. The van der Waals surface area contributed by atoms with Crippen molar-refractivity contribution < 1.29 is 9.18 Å². The molecule has 1 aliphatic heterocycles. The van der Waals surface area contributed by atoms with Crippen molar-refractivity contribution in [3.63, 3.8) is 0 Å². The number of fused-ring (bicyclic) bond motifs is 2. The van der Waals surface area contributed by atoms with E-state index in [9.17, 15) is 14.0 Å². The van der Waals surface area contributed by atoms with Crippen LogP contribution in [0.1, 0.15) is 43.2 Å². The molecule has 1 saturated heterocycles. The average molecular weight is 464 g/mol. The van der Waals surface area contributed by atoms with Crippen LogP contribution in [0.15, 0.2) is 53.3 Å². The summed E-state index contributed by atoms with van der Waals surface area (Å²) in [7, 11) is 0. The molecular formula is C26H30FN5O2. The van der Waals surface area contributed by atoms with Crippen LogP contribution in [0, 0.1) is 11.7 Å². The molecule has 2 aromatic heterocycles. The summed E-state index contributed by atoms with van der Waals surface area (Å²) in [6.07, 6.45) is 1.77. The number of imidazole rings is 1. The van der Waals surface area contributed by atoms with Gasteiger partial charge in [-0.2, -0.15) is 0 Å².